The predicted molar refractivity (Wildman–Crippen MR) is 39.6 cm³/mol. The fourth-order valence-corrected chi connectivity index (χ4v) is 1.23. The maximum Gasteiger partial charge on any atom is 0.338 e. The summed E-state index contributed by atoms with van der Waals surface area (Å²) < 4.78 is 4.58. The summed E-state index contributed by atoms with van der Waals surface area (Å²) in [6.45, 7) is 0.584. The number of hydrogen-bond acceptors (Lipinski definition) is 6. The maximum atomic E-state index is 10.8. The van der Waals surface area contributed by atoms with Gasteiger partial charge < -0.3 is 25.2 Å². The number of hydrogen-bond donors (Lipinski definition) is 4. The van der Waals surface area contributed by atoms with Gasteiger partial charge >= 0.3 is 5.97 Å². The quantitative estimate of drug-likeness (QED) is 0.357. The third kappa shape index (κ3) is 1.42. The van der Waals surface area contributed by atoms with E-state index in [2.05, 4.69) is 4.74 Å². The molecule has 4 N–H and O–H groups in total. The van der Waals surface area contributed by atoms with Gasteiger partial charge in [-0.15, -0.1) is 0 Å². The molecule has 1 saturated heterocycles. The molecule has 0 aromatic rings. The van der Waals surface area contributed by atoms with Gasteiger partial charge in [0.2, 0.25) is 0 Å². The largest absolute Gasteiger partial charge is 0.452 e. The van der Waals surface area contributed by atoms with Gasteiger partial charge in [-0.1, -0.05) is 0 Å². The first-order chi connectivity index (χ1) is 5.93. The van der Waals surface area contributed by atoms with Crippen LogP contribution >= 0.6 is 0 Å². The molecule has 76 valence electrons. The minimum atomic E-state index is -1.66. The zero-order valence-corrected chi connectivity index (χ0v) is 7.04. The minimum Gasteiger partial charge on any atom is -0.452 e. The van der Waals surface area contributed by atoms with Crippen LogP contribution in [0.2, 0.25) is 0 Å². The number of ether oxygens (including phenoxy) is 1. The fourth-order valence-electron chi connectivity index (χ4n) is 1.23. The number of carbonyl (C=O) groups excluding carboxylic acids is 1. The SMILES string of the molecule is CC1(C(O)CO)OC(=O)C(O)C1O. The summed E-state index contributed by atoms with van der Waals surface area (Å²) in [5.41, 5.74) is -1.63. The van der Waals surface area contributed by atoms with Crippen molar-refractivity contribution in [2.75, 3.05) is 6.61 Å². The van der Waals surface area contributed by atoms with Crippen LogP contribution in [0.3, 0.4) is 0 Å². The van der Waals surface area contributed by atoms with Crippen molar-refractivity contribution in [1.29, 1.82) is 0 Å². The second-order valence-corrected chi connectivity index (χ2v) is 3.19. The summed E-state index contributed by atoms with van der Waals surface area (Å²) in [6, 6.07) is 0. The molecular formula is C7H12O6. The number of rotatable bonds is 2. The molecule has 6 nitrogen and oxygen atoms in total. The molecule has 4 unspecified atom stereocenters. The highest BCUT2D eigenvalue weighted by molar-refractivity contribution is 5.78. The van der Waals surface area contributed by atoms with Crippen molar-refractivity contribution in [3.8, 4) is 0 Å². The minimum absolute atomic E-state index is 0.659. The molecule has 13 heavy (non-hydrogen) atoms. The number of carbonyl (C=O) groups is 1. The lowest BCUT2D eigenvalue weighted by Gasteiger charge is -2.30. The van der Waals surface area contributed by atoms with Crippen LogP contribution in [0, 0.1) is 0 Å². The standard InChI is InChI=1S/C7H12O6/c1-7(3(9)2-8)5(11)4(10)6(12)13-7/h3-5,8-11H,2H2,1H3. The Hall–Kier alpha value is -0.690. The molecule has 1 aliphatic heterocycles. The summed E-state index contributed by atoms with van der Waals surface area (Å²) in [4.78, 5) is 10.8. The molecule has 0 amide bonds. The van der Waals surface area contributed by atoms with E-state index in [0.717, 1.165) is 0 Å². The van der Waals surface area contributed by atoms with Crippen molar-refractivity contribution in [3.63, 3.8) is 0 Å². The van der Waals surface area contributed by atoms with E-state index in [-0.39, 0.29) is 0 Å². The molecule has 0 aromatic heterocycles. The van der Waals surface area contributed by atoms with Crippen LogP contribution in [0.1, 0.15) is 6.92 Å². The summed E-state index contributed by atoms with van der Waals surface area (Å²) in [5.74, 6) is -0.998. The van der Waals surface area contributed by atoms with Crippen LogP contribution in [0.5, 0.6) is 0 Å². The Balaban J connectivity index is 2.87. The highest BCUT2D eigenvalue weighted by Gasteiger charge is 2.55. The molecule has 1 aliphatic rings. The Kier molecular flexibility index (Phi) is 2.58. The van der Waals surface area contributed by atoms with Gasteiger partial charge in [0, 0.05) is 0 Å². The van der Waals surface area contributed by atoms with Crippen LogP contribution in [0.15, 0.2) is 0 Å². The zero-order chi connectivity index (χ0) is 10.2. The Labute approximate surface area is 74.4 Å². The van der Waals surface area contributed by atoms with Crippen molar-refractivity contribution < 1.29 is 30.0 Å². The van der Waals surface area contributed by atoms with Crippen LogP contribution in [-0.2, 0) is 9.53 Å². The number of esters is 1. The zero-order valence-electron chi connectivity index (χ0n) is 7.04. The molecular weight excluding hydrogens is 180 g/mol. The van der Waals surface area contributed by atoms with Gasteiger partial charge in [-0.2, -0.15) is 0 Å². The van der Waals surface area contributed by atoms with Gasteiger partial charge in [0.15, 0.2) is 11.7 Å². The summed E-state index contributed by atoms with van der Waals surface area (Å²) >= 11 is 0. The van der Waals surface area contributed by atoms with Crippen LogP contribution in [0.25, 0.3) is 0 Å². The second kappa shape index (κ2) is 3.22. The van der Waals surface area contributed by atoms with Crippen molar-refractivity contribution in [3.05, 3.63) is 0 Å². The lowest BCUT2D eigenvalue weighted by Crippen LogP contribution is -2.51. The Morgan fingerprint density at radius 2 is 2.15 bits per heavy atom. The third-order valence-electron chi connectivity index (χ3n) is 2.28. The molecule has 0 aromatic carbocycles. The number of aliphatic hydroxyl groups is 4. The molecule has 0 spiro atoms. The van der Waals surface area contributed by atoms with Crippen LogP contribution in [-0.4, -0.2) is 56.9 Å². The molecule has 1 fully saturated rings. The van der Waals surface area contributed by atoms with E-state index < -0.39 is 36.5 Å². The molecule has 0 bridgehead atoms. The van der Waals surface area contributed by atoms with Gasteiger partial charge in [0.25, 0.3) is 0 Å². The number of aliphatic hydroxyl groups excluding tert-OH is 4. The summed E-state index contributed by atoms with van der Waals surface area (Å²) in [6.07, 6.45) is -4.60. The molecule has 0 aliphatic carbocycles. The summed E-state index contributed by atoms with van der Waals surface area (Å²) in [5, 5.41) is 36.2. The van der Waals surface area contributed by atoms with E-state index >= 15 is 0 Å². The molecule has 6 heteroatoms. The highest BCUT2D eigenvalue weighted by atomic mass is 16.6. The van der Waals surface area contributed by atoms with E-state index in [1.165, 1.54) is 6.92 Å². The molecule has 0 radical (unpaired) electrons. The normalized spacial score (nSPS) is 41.8. The first-order valence-electron chi connectivity index (χ1n) is 3.81. The molecule has 1 heterocycles. The summed E-state index contributed by atoms with van der Waals surface area (Å²) in [7, 11) is 0. The third-order valence-corrected chi connectivity index (χ3v) is 2.28. The Bertz CT molecular complexity index is 217. The van der Waals surface area contributed by atoms with Gasteiger partial charge in [0.1, 0.15) is 12.2 Å². The van der Waals surface area contributed by atoms with Gasteiger partial charge in [-0.25, -0.2) is 4.79 Å². The topological polar surface area (TPSA) is 107 Å². The van der Waals surface area contributed by atoms with Crippen LogP contribution in [0.4, 0.5) is 0 Å². The highest BCUT2D eigenvalue weighted by Crippen LogP contribution is 2.30. The maximum absolute atomic E-state index is 10.8. The smallest absolute Gasteiger partial charge is 0.338 e. The first kappa shape index (κ1) is 10.4. The lowest BCUT2D eigenvalue weighted by atomic mass is 9.92. The fraction of sp³-hybridized carbons (Fsp3) is 0.857. The van der Waals surface area contributed by atoms with Crippen molar-refractivity contribution >= 4 is 5.97 Å². The monoisotopic (exact) mass is 192 g/mol. The Morgan fingerprint density at radius 1 is 1.62 bits per heavy atom. The lowest BCUT2D eigenvalue weighted by molar-refractivity contribution is -0.167. The van der Waals surface area contributed by atoms with E-state index in [1.807, 2.05) is 0 Å². The van der Waals surface area contributed by atoms with Crippen molar-refractivity contribution in [1.82, 2.24) is 0 Å². The van der Waals surface area contributed by atoms with Gasteiger partial charge in [0.05, 0.1) is 6.61 Å². The van der Waals surface area contributed by atoms with E-state index in [4.69, 9.17) is 10.2 Å². The Morgan fingerprint density at radius 3 is 2.46 bits per heavy atom. The average molecular weight is 192 g/mol. The van der Waals surface area contributed by atoms with Gasteiger partial charge in [-0.05, 0) is 6.92 Å². The van der Waals surface area contributed by atoms with Crippen molar-refractivity contribution in [2.45, 2.75) is 30.8 Å². The average Bonchev–Trinajstić information content (AvgIpc) is 2.30. The molecule has 4 atom stereocenters. The van der Waals surface area contributed by atoms with E-state index in [1.54, 1.807) is 0 Å². The van der Waals surface area contributed by atoms with Crippen molar-refractivity contribution in [2.24, 2.45) is 0 Å². The first-order valence-corrected chi connectivity index (χ1v) is 3.81. The number of cyclic esters (lactones) is 1. The predicted octanol–water partition coefficient (Wildman–Crippen LogP) is -2.62. The van der Waals surface area contributed by atoms with E-state index in [0.29, 0.717) is 0 Å². The van der Waals surface area contributed by atoms with Gasteiger partial charge in [-0.3, -0.25) is 0 Å². The molecule has 1 rings (SSSR count). The second-order valence-electron chi connectivity index (χ2n) is 3.19. The molecule has 0 saturated carbocycles. The van der Waals surface area contributed by atoms with Crippen LogP contribution < -0.4 is 0 Å². The van der Waals surface area contributed by atoms with E-state index in [9.17, 15) is 15.0 Å².